The Morgan fingerprint density at radius 3 is 2.42 bits per heavy atom. The molecular weight excluding hydrogens is 465 g/mol. The Bertz CT molecular complexity index is 1100. The highest BCUT2D eigenvalue weighted by atomic mass is 19.4. The second-order valence-corrected chi connectivity index (χ2v) is 9.44. The van der Waals surface area contributed by atoms with Crippen LogP contribution in [-0.2, 0) is 22.1 Å². The highest BCUT2D eigenvalue weighted by molar-refractivity contribution is 5.87. The number of alkyl halides is 3. The van der Waals surface area contributed by atoms with E-state index in [4.69, 9.17) is 9.47 Å². The number of esters is 1. The zero-order chi connectivity index (χ0) is 26.1. The standard InChI is InChI=1S/C30H35F3O3/c1-21(2)29(34)36-17-9-5-4-8-16-35-27-15-13-24-18-25(11-7-6-10-23(24)19-27)28-20-26(30(31,32)33)14-12-22(28)3/h12-15,18-20H,1,4-11,16-17H2,2-3H3. The Hall–Kier alpha value is -3.02. The van der Waals surface area contributed by atoms with Crippen molar-refractivity contribution in [1.82, 2.24) is 0 Å². The number of aryl methyl sites for hydroxylation is 2. The summed E-state index contributed by atoms with van der Waals surface area (Å²) in [5, 5.41) is 0. The van der Waals surface area contributed by atoms with Crippen LogP contribution in [0.25, 0.3) is 11.6 Å². The van der Waals surface area contributed by atoms with Crippen molar-refractivity contribution in [2.45, 2.75) is 71.4 Å². The largest absolute Gasteiger partial charge is 0.494 e. The number of allylic oxidation sites excluding steroid dienone is 1. The molecule has 0 aliphatic heterocycles. The van der Waals surface area contributed by atoms with Crippen LogP contribution in [0, 0.1) is 6.92 Å². The van der Waals surface area contributed by atoms with Gasteiger partial charge in [0.05, 0.1) is 18.8 Å². The lowest BCUT2D eigenvalue weighted by atomic mass is 9.88. The molecule has 1 aliphatic carbocycles. The first-order valence-corrected chi connectivity index (χ1v) is 12.6. The minimum absolute atomic E-state index is 0.343. The predicted octanol–water partition coefficient (Wildman–Crippen LogP) is 8.34. The van der Waals surface area contributed by atoms with E-state index in [1.54, 1.807) is 13.0 Å². The number of rotatable bonds is 10. The van der Waals surface area contributed by atoms with Crippen LogP contribution in [0.1, 0.15) is 79.7 Å². The Labute approximate surface area is 212 Å². The summed E-state index contributed by atoms with van der Waals surface area (Å²) in [4.78, 5) is 11.3. The molecule has 0 saturated carbocycles. The van der Waals surface area contributed by atoms with Crippen LogP contribution in [0.15, 0.2) is 48.6 Å². The normalized spacial score (nSPS) is 13.8. The summed E-state index contributed by atoms with van der Waals surface area (Å²) in [6, 6.07) is 10.00. The van der Waals surface area contributed by atoms with Crippen LogP contribution in [0.5, 0.6) is 5.75 Å². The number of ether oxygens (including phenoxy) is 2. The lowest BCUT2D eigenvalue weighted by molar-refractivity contribution is -0.139. The van der Waals surface area contributed by atoms with Crippen LogP contribution in [0.3, 0.4) is 0 Å². The molecule has 0 saturated heterocycles. The molecule has 3 nitrogen and oxygen atoms in total. The molecule has 6 heteroatoms. The van der Waals surface area contributed by atoms with Gasteiger partial charge >= 0.3 is 12.1 Å². The molecule has 0 spiro atoms. The zero-order valence-electron chi connectivity index (χ0n) is 21.2. The quantitative estimate of drug-likeness (QED) is 0.187. The summed E-state index contributed by atoms with van der Waals surface area (Å²) < 4.78 is 51.0. The van der Waals surface area contributed by atoms with Gasteiger partial charge in [0.15, 0.2) is 0 Å². The van der Waals surface area contributed by atoms with Crippen molar-refractivity contribution in [3.8, 4) is 5.75 Å². The third kappa shape index (κ3) is 8.00. The number of carbonyl (C=O) groups excluding carboxylic acids is 1. The topological polar surface area (TPSA) is 35.5 Å². The Morgan fingerprint density at radius 2 is 1.69 bits per heavy atom. The number of unbranched alkanes of at least 4 members (excludes halogenated alkanes) is 3. The van der Waals surface area contributed by atoms with E-state index in [-0.39, 0.29) is 5.97 Å². The van der Waals surface area contributed by atoms with Gasteiger partial charge in [0.1, 0.15) is 5.75 Å². The Kier molecular flexibility index (Phi) is 9.80. The van der Waals surface area contributed by atoms with E-state index in [1.165, 1.54) is 6.07 Å². The average Bonchev–Trinajstić information content (AvgIpc) is 2.81. The molecule has 0 amide bonds. The van der Waals surface area contributed by atoms with Crippen molar-refractivity contribution in [1.29, 1.82) is 0 Å². The van der Waals surface area contributed by atoms with Gasteiger partial charge in [-0.25, -0.2) is 4.79 Å². The van der Waals surface area contributed by atoms with E-state index in [1.807, 2.05) is 25.1 Å². The van der Waals surface area contributed by atoms with Crippen molar-refractivity contribution in [2.24, 2.45) is 0 Å². The number of hydrogen-bond acceptors (Lipinski definition) is 3. The summed E-state index contributed by atoms with van der Waals surface area (Å²) in [7, 11) is 0. The van der Waals surface area contributed by atoms with Crippen LogP contribution < -0.4 is 4.74 Å². The SMILES string of the molecule is C=C(C)C(=O)OCCCCCCOc1ccc2c(c1)CCCCC(c1cc(C(F)(F)F)ccc1C)=C2. The molecule has 36 heavy (non-hydrogen) atoms. The number of fused-ring (bicyclic) bond motifs is 1. The molecule has 0 fully saturated rings. The molecular formula is C30H35F3O3. The summed E-state index contributed by atoms with van der Waals surface area (Å²) in [6.07, 6.45) is 4.93. The Balaban J connectivity index is 1.59. The van der Waals surface area contributed by atoms with Crippen molar-refractivity contribution < 1.29 is 27.4 Å². The van der Waals surface area contributed by atoms with Crippen LogP contribution in [0.2, 0.25) is 0 Å². The molecule has 0 bridgehead atoms. The van der Waals surface area contributed by atoms with Gasteiger partial charge < -0.3 is 9.47 Å². The highest BCUT2D eigenvalue weighted by Crippen LogP contribution is 2.36. The van der Waals surface area contributed by atoms with Crippen LogP contribution >= 0.6 is 0 Å². The van der Waals surface area contributed by atoms with E-state index in [9.17, 15) is 18.0 Å². The maximum atomic E-state index is 13.3. The second kappa shape index (κ2) is 12.8. The fourth-order valence-electron chi connectivity index (χ4n) is 4.31. The summed E-state index contributed by atoms with van der Waals surface area (Å²) in [5.41, 5.74) is 4.48. The van der Waals surface area contributed by atoms with Gasteiger partial charge in [0.2, 0.25) is 0 Å². The second-order valence-electron chi connectivity index (χ2n) is 9.44. The van der Waals surface area contributed by atoms with Gasteiger partial charge in [-0.2, -0.15) is 13.2 Å². The van der Waals surface area contributed by atoms with Gasteiger partial charge in [0.25, 0.3) is 0 Å². The first-order valence-electron chi connectivity index (χ1n) is 12.6. The average molecular weight is 501 g/mol. The maximum absolute atomic E-state index is 13.3. The third-order valence-electron chi connectivity index (χ3n) is 6.39. The molecule has 3 rings (SSSR count). The molecule has 0 radical (unpaired) electrons. The van der Waals surface area contributed by atoms with E-state index < -0.39 is 11.7 Å². The first kappa shape index (κ1) is 27.6. The third-order valence-corrected chi connectivity index (χ3v) is 6.39. The first-order chi connectivity index (χ1) is 17.1. The fraction of sp³-hybridized carbons (Fsp3) is 0.433. The molecule has 0 N–H and O–H groups in total. The van der Waals surface area contributed by atoms with E-state index >= 15 is 0 Å². The number of carbonyl (C=O) groups is 1. The molecule has 2 aromatic carbocycles. The number of benzene rings is 2. The van der Waals surface area contributed by atoms with Crippen LogP contribution in [-0.4, -0.2) is 19.2 Å². The molecule has 2 aromatic rings. The van der Waals surface area contributed by atoms with Gasteiger partial charge in [-0.15, -0.1) is 0 Å². The van der Waals surface area contributed by atoms with E-state index in [0.717, 1.165) is 85.4 Å². The van der Waals surface area contributed by atoms with Gasteiger partial charge in [-0.05, 0) is 117 Å². The molecule has 0 heterocycles. The van der Waals surface area contributed by atoms with Crippen molar-refractivity contribution in [3.05, 3.63) is 76.4 Å². The van der Waals surface area contributed by atoms with Crippen molar-refractivity contribution in [3.63, 3.8) is 0 Å². The minimum atomic E-state index is -4.35. The van der Waals surface area contributed by atoms with Crippen molar-refractivity contribution in [2.75, 3.05) is 13.2 Å². The van der Waals surface area contributed by atoms with E-state index in [2.05, 4.69) is 12.6 Å². The number of hydrogen-bond donors (Lipinski definition) is 0. The predicted molar refractivity (Wildman–Crippen MR) is 138 cm³/mol. The smallest absolute Gasteiger partial charge is 0.416 e. The summed E-state index contributed by atoms with van der Waals surface area (Å²) in [6.45, 7) is 8.07. The summed E-state index contributed by atoms with van der Waals surface area (Å²) >= 11 is 0. The van der Waals surface area contributed by atoms with Crippen molar-refractivity contribution >= 4 is 17.6 Å². The molecule has 0 aromatic heterocycles. The highest BCUT2D eigenvalue weighted by Gasteiger charge is 2.31. The number of halogens is 3. The lowest BCUT2D eigenvalue weighted by Crippen LogP contribution is -2.06. The maximum Gasteiger partial charge on any atom is 0.416 e. The molecule has 0 atom stereocenters. The lowest BCUT2D eigenvalue weighted by Gasteiger charge is -2.18. The van der Waals surface area contributed by atoms with Gasteiger partial charge in [-0.3, -0.25) is 0 Å². The fourth-order valence-corrected chi connectivity index (χ4v) is 4.31. The van der Waals surface area contributed by atoms with Gasteiger partial charge in [0, 0.05) is 5.57 Å². The minimum Gasteiger partial charge on any atom is -0.494 e. The zero-order valence-corrected chi connectivity index (χ0v) is 21.2. The monoisotopic (exact) mass is 500 g/mol. The molecule has 1 aliphatic rings. The Morgan fingerprint density at radius 1 is 0.972 bits per heavy atom. The van der Waals surface area contributed by atoms with Gasteiger partial charge in [-0.1, -0.05) is 24.8 Å². The molecule has 0 unspecified atom stereocenters. The molecule has 194 valence electrons. The van der Waals surface area contributed by atoms with E-state index in [0.29, 0.717) is 24.4 Å². The summed E-state index contributed by atoms with van der Waals surface area (Å²) in [5.74, 6) is 0.471. The van der Waals surface area contributed by atoms with Crippen LogP contribution in [0.4, 0.5) is 13.2 Å².